The van der Waals surface area contributed by atoms with E-state index in [-0.39, 0.29) is 5.41 Å². The molecule has 2 aliphatic rings. The van der Waals surface area contributed by atoms with Gasteiger partial charge in [0.25, 0.3) is 0 Å². The molecule has 3 heterocycles. The Labute approximate surface area is 220 Å². The molecule has 0 N–H and O–H groups in total. The smallest absolute Gasteiger partial charge is 0.115 e. The molecule has 194 valence electrons. The van der Waals surface area contributed by atoms with E-state index >= 15 is 0 Å². The van der Waals surface area contributed by atoms with E-state index < -0.39 is 0 Å². The number of imidazole rings is 1. The number of fused-ring (bicyclic) bond motifs is 1. The van der Waals surface area contributed by atoms with E-state index in [1.807, 2.05) is 0 Å². The van der Waals surface area contributed by atoms with Crippen molar-refractivity contribution in [2.45, 2.75) is 57.0 Å². The zero-order valence-electron chi connectivity index (χ0n) is 22.2. The van der Waals surface area contributed by atoms with Crippen LogP contribution in [0.2, 0.25) is 0 Å². The van der Waals surface area contributed by atoms with Crippen LogP contribution in [0, 0.1) is 5.92 Å². The molecule has 7 heteroatoms. The number of benzene rings is 2. The van der Waals surface area contributed by atoms with Gasteiger partial charge in [-0.2, -0.15) is 0 Å². The predicted octanol–water partition coefficient (Wildman–Crippen LogP) is 5.74. The van der Waals surface area contributed by atoms with Crippen molar-refractivity contribution in [2.24, 2.45) is 5.92 Å². The molecule has 6 nitrogen and oxygen atoms in total. The zero-order chi connectivity index (χ0) is 25.1. The third-order valence-electron chi connectivity index (χ3n) is 7.22. The number of aromatic nitrogens is 2. The van der Waals surface area contributed by atoms with E-state index in [0.717, 1.165) is 71.0 Å². The number of rotatable bonds is 7. The Morgan fingerprint density at radius 1 is 0.972 bits per heavy atom. The topological polar surface area (TPSA) is 42.8 Å². The number of morpholine rings is 1. The fourth-order valence-corrected chi connectivity index (χ4v) is 5.94. The Hall–Kier alpha value is -2.06. The maximum Gasteiger partial charge on any atom is 0.115 e. The molecule has 36 heavy (non-hydrogen) atoms. The zero-order valence-corrected chi connectivity index (χ0v) is 23.0. The molecule has 0 unspecified atom stereocenters. The SMILES string of the molecule is CN(Sc1ccc(CN2CCOCC2)cc1)c1ccc2c(c1)nc(C(C)(C)C)n2CC1CCOCC1. The minimum Gasteiger partial charge on any atom is -0.381 e. The minimum atomic E-state index is -0.00598. The molecule has 0 aliphatic carbocycles. The lowest BCUT2D eigenvalue weighted by atomic mass is 9.94. The summed E-state index contributed by atoms with van der Waals surface area (Å²) in [4.78, 5) is 8.85. The van der Waals surface area contributed by atoms with Gasteiger partial charge in [0, 0.05) is 62.4 Å². The molecule has 0 amide bonds. The molecule has 2 aliphatic heterocycles. The molecule has 5 rings (SSSR count). The molecule has 0 radical (unpaired) electrons. The number of anilines is 1. The second kappa shape index (κ2) is 11.1. The van der Waals surface area contributed by atoms with Crippen LogP contribution in [0.4, 0.5) is 5.69 Å². The average Bonchev–Trinajstić information content (AvgIpc) is 3.25. The highest BCUT2D eigenvalue weighted by Gasteiger charge is 2.25. The van der Waals surface area contributed by atoms with Crippen LogP contribution in [-0.4, -0.2) is 61.0 Å². The summed E-state index contributed by atoms with van der Waals surface area (Å²) in [5, 5.41) is 0. The third-order valence-corrected chi connectivity index (χ3v) is 8.19. The molecule has 0 spiro atoms. The summed E-state index contributed by atoms with van der Waals surface area (Å²) in [5.41, 5.74) is 4.84. The van der Waals surface area contributed by atoms with Gasteiger partial charge in [0.1, 0.15) is 5.82 Å². The van der Waals surface area contributed by atoms with Gasteiger partial charge >= 0.3 is 0 Å². The van der Waals surface area contributed by atoms with E-state index in [9.17, 15) is 0 Å². The summed E-state index contributed by atoms with van der Waals surface area (Å²) in [6, 6.07) is 15.7. The highest BCUT2D eigenvalue weighted by atomic mass is 32.2. The van der Waals surface area contributed by atoms with E-state index in [0.29, 0.717) is 5.92 Å². The Morgan fingerprint density at radius 3 is 2.36 bits per heavy atom. The van der Waals surface area contributed by atoms with Crippen LogP contribution in [-0.2, 0) is 28.0 Å². The van der Waals surface area contributed by atoms with Gasteiger partial charge in [-0.3, -0.25) is 4.90 Å². The van der Waals surface area contributed by atoms with Gasteiger partial charge in [-0.05, 0) is 66.6 Å². The van der Waals surface area contributed by atoms with Crippen LogP contribution in [0.5, 0.6) is 0 Å². The van der Waals surface area contributed by atoms with Crippen LogP contribution >= 0.6 is 11.9 Å². The first-order valence-corrected chi connectivity index (χ1v) is 14.0. The van der Waals surface area contributed by atoms with Crippen molar-refractivity contribution >= 4 is 28.7 Å². The quantitative estimate of drug-likeness (QED) is 0.380. The first-order valence-electron chi connectivity index (χ1n) is 13.3. The maximum atomic E-state index is 5.60. The van der Waals surface area contributed by atoms with E-state index in [1.54, 1.807) is 11.9 Å². The highest BCUT2D eigenvalue weighted by Crippen LogP contribution is 2.33. The normalized spacial score (nSPS) is 18.1. The van der Waals surface area contributed by atoms with Gasteiger partial charge in [-0.1, -0.05) is 32.9 Å². The van der Waals surface area contributed by atoms with Gasteiger partial charge < -0.3 is 18.3 Å². The molecule has 0 saturated carbocycles. The summed E-state index contributed by atoms with van der Waals surface area (Å²) in [6.07, 6.45) is 2.26. The van der Waals surface area contributed by atoms with Crippen molar-refractivity contribution in [1.29, 1.82) is 0 Å². The number of nitrogens with zero attached hydrogens (tertiary/aromatic N) is 4. The largest absolute Gasteiger partial charge is 0.381 e. The molecular formula is C29H40N4O2S. The van der Waals surface area contributed by atoms with Crippen LogP contribution in [0.15, 0.2) is 47.4 Å². The van der Waals surface area contributed by atoms with E-state index in [2.05, 4.69) is 84.1 Å². The average molecular weight is 509 g/mol. The molecule has 0 atom stereocenters. The fourth-order valence-electron chi connectivity index (χ4n) is 5.14. The molecular weight excluding hydrogens is 468 g/mol. The third kappa shape index (κ3) is 6.08. The summed E-state index contributed by atoms with van der Waals surface area (Å²) < 4.78 is 15.8. The van der Waals surface area contributed by atoms with Crippen LogP contribution in [0.1, 0.15) is 45.0 Å². The lowest BCUT2D eigenvalue weighted by Crippen LogP contribution is -2.35. The lowest BCUT2D eigenvalue weighted by molar-refractivity contribution is 0.0342. The van der Waals surface area contributed by atoms with Crippen molar-refractivity contribution < 1.29 is 9.47 Å². The summed E-state index contributed by atoms with van der Waals surface area (Å²) in [6.45, 7) is 14.3. The molecule has 1 aromatic heterocycles. The highest BCUT2D eigenvalue weighted by molar-refractivity contribution is 8.00. The standard InChI is InChI=1S/C29H40N4O2S/c1-29(2,3)28-30-26-19-24(7-10-27(26)33(28)21-23-11-15-34-16-12-23)31(4)36-25-8-5-22(6-9-25)20-32-13-17-35-18-14-32/h5-10,19,23H,11-18,20-21H2,1-4H3. The predicted molar refractivity (Wildman–Crippen MR) is 149 cm³/mol. The van der Waals surface area contributed by atoms with Crippen molar-refractivity contribution in [3.63, 3.8) is 0 Å². The van der Waals surface area contributed by atoms with Crippen LogP contribution in [0.25, 0.3) is 11.0 Å². The molecule has 0 bridgehead atoms. The monoisotopic (exact) mass is 508 g/mol. The Balaban J connectivity index is 1.30. The Morgan fingerprint density at radius 2 is 1.67 bits per heavy atom. The fraction of sp³-hybridized carbons (Fsp3) is 0.552. The van der Waals surface area contributed by atoms with Gasteiger partial charge in [-0.15, -0.1) is 0 Å². The summed E-state index contributed by atoms with van der Waals surface area (Å²) >= 11 is 1.76. The first kappa shape index (κ1) is 25.6. The lowest BCUT2D eigenvalue weighted by Gasteiger charge is -2.26. The van der Waals surface area contributed by atoms with Crippen molar-refractivity contribution in [2.75, 3.05) is 50.9 Å². The molecule has 2 aromatic carbocycles. The molecule has 2 fully saturated rings. The van der Waals surface area contributed by atoms with Gasteiger partial charge in [0.05, 0.1) is 24.2 Å². The number of hydrogen-bond donors (Lipinski definition) is 0. The Bertz CT molecular complexity index is 1140. The second-order valence-electron chi connectivity index (χ2n) is 11.1. The van der Waals surface area contributed by atoms with Crippen molar-refractivity contribution in [3.05, 3.63) is 53.9 Å². The van der Waals surface area contributed by atoms with Crippen molar-refractivity contribution in [1.82, 2.24) is 14.5 Å². The van der Waals surface area contributed by atoms with Gasteiger partial charge in [-0.25, -0.2) is 4.98 Å². The van der Waals surface area contributed by atoms with Gasteiger partial charge in [0.15, 0.2) is 0 Å². The summed E-state index contributed by atoms with van der Waals surface area (Å²) in [5.74, 6) is 1.83. The minimum absolute atomic E-state index is 0.00598. The summed E-state index contributed by atoms with van der Waals surface area (Å²) in [7, 11) is 2.14. The van der Waals surface area contributed by atoms with E-state index in [4.69, 9.17) is 14.5 Å². The number of hydrogen-bond acceptors (Lipinski definition) is 6. The Kier molecular flexibility index (Phi) is 7.91. The first-order chi connectivity index (χ1) is 17.4. The number of ether oxygens (including phenoxy) is 2. The maximum absolute atomic E-state index is 5.60. The second-order valence-corrected chi connectivity index (χ2v) is 12.3. The van der Waals surface area contributed by atoms with Crippen LogP contribution < -0.4 is 4.31 Å². The van der Waals surface area contributed by atoms with E-state index in [1.165, 1.54) is 27.5 Å². The van der Waals surface area contributed by atoms with Crippen molar-refractivity contribution in [3.8, 4) is 0 Å². The van der Waals surface area contributed by atoms with Gasteiger partial charge in [0.2, 0.25) is 0 Å². The van der Waals surface area contributed by atoms with Crippen LogP contribution in [0.3, 0.4) is 0 Å². The molecule has 2 saturated heterocycles. The molecule has 3 aromatic rings.